The lowest BCUT2D eigenvalue weighted by Gasteiger charge is -2.39. The highest BCUT2D eigenvalue weighted by Gasteiger charge is 2.31. The van der Waals surface area contributed by atoms with Crippen molar-refractivity contribution in [3.8, 4) is 0 Å². The van der Waals surface area contributed by atoms with Gasteiger partial charge >= 0.3 is 0 Å². The van der Waals surface area contributed by atoms with Gasteiger partial charge in [-0.15, -0.1) is 0 Å². The molecule has 3 heteroatoms. The first-order valence-electron chi connectivity index (χ1n) is 7.39. The van der Waals surface area contributed by atoms with Crippen LogP contribution >= 0.6 is 0 Å². The quantitative estimate of drug-likeness (QED) is 0.900. The van der Waals surface area contributed by atoms with Gasteiger partial charge < -0.3 is 15.0 Å². The number of benzene rings is 1. The highest BCUT2D eigenvalue weighted by Crippen LogP contribution is 2.32. The van der Waals surface area contributed by atoms with E-state index in [4.69, 9.17) is 4.74 Å². The van der Waals surface area contributed by atoms with Crippen molar-refractivity contribution in [2.24, 2.45) is 5.92 Å². The van der Waals surface area contributed by atoms with Crippen LogP contribution in [0.5, 0.6) is 0 Å². The van der Waals surface area contributed by atoms with E-state index in [1.807, 2.05) is 7.05 Å². The number of rotatable bonds is 3. The molecule has 0 bridgehead atoms. The van der Waals surface area contributed by atoms with Crippen LogP contribution in [-0.2, 0) is 11.2 Å². The van der Waals surface area contributed by atoms with Gasteiger partial charge in [0.25, 0.3) is 0 Å². The number of likely N-dealkylation sites (N-methyl/N-ethyl adjacent to an activating group) is 1. The largest absolute Gasteiger partial charge is 0.379 e. The summed E-state index contributed by atoms with van der Waals surface area (Å²) in [5, 5.41) is 3.39. The predicted octanol–water partition coefficient (Wildman–Crippen LogP) is 2.06. The maximum absolute atomic E-state index is 5.64. The SMILES string of the molecule is CNC1COCC1CN1c2ccccc2CCC1C. The van der Waals surface area contributed by atoms with Gasteiger partial charge in [-0.05, 0) is 38.4 Å². The van der Waals surface area contributed by atoms with Gasteiger partial charge in [0, 0.05) is 30.2 Å². The van der Waals surface area contributed by atoms with E-state index in [0.717, 1.165) is 19.8 Å². The van der Waals surface area contributed by atoms with E-state index >= 15 is 0 Å². The van der Waals surface area contributed by atoms with Gasteiger partial charge in [-0.3, -0.25) is 0 Å². The van der Waals surface area contributed by atoms with Crippen LogP contribution in [0.25, 0.3) is 0 Å². The molecule has 0 radical (unpaired) electrons. The molecule has 1 N–H and O–H groups in total. The number of ether oxygens (including phenoxy) is 1. The fraction of sp³-hybridized carbons (Fsp3) is 0.625. The summed E-state index contributed by atoms with van der Waals surface area (Å²) >= 11 is 0. The maximum Gasteiger partial charge on any atom is 0.0623 e. The molecule has 0 amide bonds. The molecule has 3 nitrogen and oxygen atoms in total. The Hall–Kier alpha value is -1.06. The molecule has 2 aliphatic heterocycles. The van der Waals surface area contributed by atoms with Crippen LogP contribution in [0, 0.1) is 5.92 Å². The summed E-state index contributed by atoms with van der Waals surface area (Å²) in [6.45, 7) is 5.19. The fourth-order valence-corrected chi connectivity index (χ4v) is 3.39. The Balaban J connectivity index is 1.80. The Morgan fingerprint density at radius 1 is 1.32 bits per heavy atom. The molecule has 1 saturated heterocycles. The highest BCUT2D eigenvalue weighted by molar-refractivity contribution is 5.56. The molecule has 0 saturated carbocycles. The molecule has 1 aromatic carbocycles. The van der Waals surface area contributed by atoms with Gasteiger partial charge in [-0.2, -0.15) is 0 Å². The topological polar surface area (TPSA) is 24.5 Å². The van der Waals surface area contributed by atoms with Gasteiger partial charge in [0.15, 0.2) is 0 Å². The third kappa shape index (κ3) is 2.49. The van der Waals surface area contributed by atoms with Crippen LogP contribution < -0.4 is 10.2 Å². The minimum absolute atomic E-state index is 0.501. The minimum Gasteiger partial charge on any atom is -0.379 e. The van der Waals surface area contributed by atoms with Crippen molar-refractivity contribution in [2.75, 3.05) is 31.7 Å². The lowest BCUT2D eigenvalue weighted by molar-refractivity contribution is 0.183. The number of fused-ring (bicyclic) bond motifs is 1. The van der Waals surface area contributed by atoms with Crippen molar-refractivity contribution in [2.45, 2.75) is 31.8 Å². The summed E-state index contributed by atoms with van der Waals surface area (Å²) in [6.07, 6.45) is 2.47. The molecule has 0 aliphatic carbocycles. The number of aryl methyl sites for hydroxylation is 1. The molecule has 1 fully saturated rings. The first-order chi connectivity index (χ1) is 9.29. The number of anilines is 1. The Morgan fingerprint density at radius 2 is 2.16 bits per heavy atom. The van der Waals surface area contributed by atoms with E-state index < -0.39 is 0 Å². The van der Waals surface area contributed by atoms with Gasteiger partial charge in [0.2, 0.25) is 0 Å². The first kappa shape index (κ1) is 12.9. The molecule has 3 rings (SSSR count). The van der Waals surface area contributed by atoms with Gasteiger partial charge in [0.05, 0.1) is 13.2 Å². The van der Waals surface area contributed by atoms with Gasteiger partial charge in [-0.25, -0.2) is 0 Å². The number of para-hydroxylation sites is 1. The predicted molar refractivity (Wildman–Crippen MR) is 78.7 cm³/mol. The molecule has 19 heavy (non-hydrogen) atoms. The number of hydrogen-bond acceptors (Lipinski definition) is 3. The van der Waals surface area contributed by atoms with Crippen LogP contribution in [0.3, 0.4) is 0 Å². The molecule has 1 aromatic rings. The standard InChI is InChI=1S/C16H24N2O/c1-12-7-8-13-5-3-4-6-16(13)18(12)9-14-10-19-11-15(14)17-2/h3-6,12,14-15,17H,7-11H2,1-2H3. The maximum atomic E-state index is 5.64. The third-order valence-corrected chi connectivity index (χ3v) is 4.66. The van der Waals surface area contributed by atoms with E-state index in [9.17, 15) is 0 Å². The van der Waals surface area contributed by atoms with Crippen LogP contribution in [0.2, 0.25) is 0 Å². The Morgan fingerprint density at radius 3 is 3.00 bits per heavy atom. The zero-order valence-corrected chi connectivity index (χ0v) is 11.9. The first-order valence-corrected chi connectivity index (χ1v) is 7.39. The molecule has 104 valence electrons. The molecular formula is C16H24N2O. The molecule has 3 unspecified atom stereocenters. The van der Waals surface area contributed by atoms with Crippen LogP contribution in [0.1, 0.15) is 18.9 Å². The van der Waals surface area contributed by atoms with Gasteiger partial charge in [0.1, 0.15) is 0 Å². The Labute approximate surface area is 115 Å². The van der Waals surface area contributed by atoms with Crippen LogP contribution in [-0.4, -0.2) is 38.9 Å². The summed E-state index contributed by atoms with van der Waals surface area (Å²) in [6, 6.07) is 9.99. The van der Waals surface area contributed by atoms with Crippen molar-refractivity contribution in [3.05, 3.63) is 29.8 Å². The molecule has 2 heterocycles. The summed E-state index contributed by atoms with van der Waals surface area (Å²) in [7, 11) is 2.04. The van der Waals surface area contributed by atoms with Crippen molar-refractivity contribution in [3.63, 3.8) is 0 Å². The minimum atomic E-state index is 0.501. The lowest BCUT2D eigenvalue weighted by atomic mass is 9.94. The van der Waals surface area contributed by atoms with Gasteiger partial charge in [-0.1, -0.05) is 18.2 Å². The van der Waals surface area contributed by atoms with Crippen molar-refractivity contribution in [1.82, 2.24) is 5.32 Å². The second-order valence-corrected chi connectivity index (χ2v) is 5.86. The molecule has 0 aromatic heterocycles. The highest BCUT2D eigenvalue weighted by atomic mass is 16.5. The van der Waals surface area contributed by atoms with Crippen molar-refractivity contribution >= 4 is 5.69 Å². The Bertz CT molecular complexity index is 435. The fourth-order valence-electron chi connectivity index (χ4n) is 3.39. The summed E-state index contributed by atoms with van der Waals surface area (Å²) < 4.78 is 5.64. The van der Waals surface area contributed by atoms with Crippen LogP contribution in [0.4, 0.5) is 5.69 Å². The summed E-state index contributed by atoms with van der Waals surface area (Å²) in [4.78, 5) is 2.59. The molecule has 0 spiro atoms. The average Bonchev–Trinajstić information content (AvgIpc) is 2.89. The zero-order chi connectivity index (χ0) is 13.2. The summed E-state index contributed by atoms with van der Waals surface area (Å²) in [5.41, 5.74) is 2.93. The molecular weight excluding hydrogens is 236 g/mol. The molecule has 3 atom stereocenters. The second kappa shape index (κ2) is 5.51. The van der Waals surface area contributed by atoms with E-state index in [0.29, 0.717) is 18.0 Å². The normalized spacial score (nSPS) is 30.4. The number of nitrogens with one attached hydrogen (secondary N) is 1. The lowest BCUT2D eigenvalue weighted by Crippen LogP contribution is -2.45. The number of hydrogen-bond donors (Lipinski definition) is 1. The zero-order valence-electron chi connectivity index (χ0n) is 11.9. The van der Waals surface area contributed by atoms with E-state index in [1.165, 1.54) is 24.1 Å². The smallest absolute Gasteiger partial charge is 0.0623 e. The monoisotopic (exact) mass is 260 g/mol. The van der Waals surface area contributed by atoms with E-state index in [2.05, 4.69) is 41.4 Å². The van der Waals surface area contributed by atoms with Crippen LogP contribution in [0.15, 0.2) is 24.3 Å². The van der Waals surface area contributed by atoms with Crippen molar-refractivity contribution < 1.29 is 4.74 Å². The van der Waals surface area contributed by atoms with Crippen molar-refractivity contribution in [1.29, 1.82) is 0 Å². The average molecular weight is 260 g/mol. The third-order valence-electron chi connectivity index (χ3n) is 4.66. The number of nitrogens with zero attached hydrogens (tertiary/aromatic N) is 1. The second-order valence-electron chi connectivity index (χ2n) is 5.86. The summed E-state index contributed by atoms with van der Waals surface area (Å²) in [5.74, 6) is 0.596. The van der Waals surface area contributed by atoms with E-state index in [1.54, 1.807) is 0 Å². The molecule has 2 aliphatic rings. The van der Waals surface area contributed by atoms with E-state index in [-0.39, 0.29) is 0 Å². The Kier molecular flexibility index (Phi) is 3.76.